The summed E-state index contributed by atoms with van der Waals surface area (Å²) in [6.45, 7) is 0. The summed E-state index contributed by atoms with van der Waals surface area (Å²) >= 11 is 36.5. The summed E-state index contributed by atoms with van der Waals surface area (Å²) in [4.78, 5) is 67.1. The first-order chi connectivity index (χ1) is 46.1. The molecule has 0 saturated carbocycles. The van der Waals surface area contributed by atoms with Gasteiger partial charge in [-0.25, -0.2) is 55.3 Å². The van der Waals surface area contributed by atoms with E-state index in [-0.39, 0.29) is 84.1 Å². The molecule has 42 heteroatoms. The van der Waals surface area contributed by atoms with Crippen LogP contribution >= 0.6 is 92.2 Å². The van der Waals surface area contributed by atoms with E-state index < -0.39 is 113 Å². The summed E-state index contributed by atoms with van der Waals surface area (Å²) in [6.07, 6.45) is -8.43. The molecule has 0 aliphatic carbocycles. The molecule has 0 bridgehead atoms. The molecule has 10 aromatic rings. The van der Waals surface area contributed by atoms with Gasteiger partial charge in [-0.1, -0.05) is 75.7 Å². The number of carbonyl (C=O) groups excluding carboxylic acids is 3. The molecule has 4 heterocycles. The van der Waals surface area contributed by atoms with Crippen LogP contribution in [0.25, 0.3) is 26.8 Å². The van der Waals surface area contributed by atoms with Gasteiger partial charge in [-0.3, -0.25) is 33.5 Å². The van der Waals surface area contributed by atoms with E-state index in [1.54, 1.807) is 18.6 Å². The Bertz CT molecular complexity index is 4930. The van der Waals surface area contributed by atoms with Gasteiger partial charge >= 0.3 is 48.1 Å². The maximum absolute atomic E-state index is 13.2. The molecular weight excluding hydrogens is 1660 g/mol. The quantitative estimate of drug-likeness (QED) is 0.0185. The largest absolute Gasteiger partial charge is 1.00 e. The average Bonchev–Trinajstić information content (AvgIpc) is 1.51. The first-order valence-corrected chi connectivity index (χ1v) is 34.3. The number of rotatable bonds is 15. The summed E-state index contributed by atoms with van der Waals surface area (Å²) < 4.78 is 202. The standard InChI is InChI=1S/C20H11Cl2F3N4O3S.2C16H13Cl2F3N2O4S.C6H4IN3.Na/c21-10-1-3-12(18(30)17-13-5-6-26-19(13)28-9-27-17)16(7-10)29-33(31,32)11-2-4-15(22)14(8-11)20(23,24)25;2*1-23(27-2)15(24)11-5-3-9(17)7-14(11)22-28(25,26)10-4-6-13(18)12(8-10)16(19,20)21;7-5-4-1-2-8-6(4)10-3-9-5;/h1-9,29H,(H,26,27,28);3-8H,1-2H3,(H,22,24);3-8,22H,1-2H3;1-3H,(H,8,9,10);/q;;;;+1/p-1. The molecule has 0 aliphatic heterocycles. The predicted molar refractivity (Wildman–Crippen MR) is 358 cm³/mol. The van der Waals surface area contributed by atoms with Gasteiger partial charge in [-0.15, -0.1) is 5.69 Å². The third kappa shape index (κ3) is 20.5. The van der Waals surface area contributed by atoms with Crippen LogP contribution in [0.5, 0.6) is 0 Å². The minimum atomic E-state index is -4.87. The van der Waals surface area contributed by atoms with Gasteiger partial charge in [-0.05, 0) is 138 Å². The number of amides is 2. The number of ketones is 1. The summed E-state index contributed by atoms with van der Waals surface area (Å²) in [5.41, 5.74) is -3.90. The number of hydrogen-bond acceptors (Lipinski definition) is 15. The number of aromatic nitrogens is 6. The van der Waals surface area contributed by atoms with Crippen LogP contribution in [0.15, 0.2) is 161 Å². The number of sulfonamides is 3. The van der Waals surface area contributed by atoms with Gasteiger partial charge in [0.1, 0.15) is 43.4 Å². The Morgan fingerprint density at radius 3 is 1.33 bits per heavy atom. The fourth-order valence-corrected chi connectivity index (χ4v) is 13.1. The molecule has 0 saturated heterocycles. The molecule has 6 aromatic carbocycles. The second kappa shape index (κ2) is 33.5. The molecule has 524 valence electrons. The molecular formula is C58H40Cl6F9IN11NaO11S3. The van der Waals surface area contributed by atoms with Crippen LogP contribution in [0.2, 0.25) is 30.1 Å². The van der Waals surface area contributed by atoms with E-state index in [2.05, 4.69) is 66.7 Å². The zero-order valence-corrected chi connectivity index (χ0v) is 61.9. The number of nitrogens with zero attached hydrogens (tertiary/aromatic N) is 7. The molecule has 0 atom stereocenters. The molecule has 10 rings (SSSR count). The van der Waals surface area contributed by atoms with Crippen molar-refractivity contribution in [2.75, 3.05) is 37.8 Å². The van der Waals surface area contributed by atoms with Crippen LogP contribution in [0, 0.1) is 3.70 Å². The monoisotopic (exact) mass is 1690 g/mol. The fourth-order valence-electron chi connectivity index (χ4n) is 8.12. The van der Waals surface area contributed by atoms with Gasteiger partial charge in [-0.2, -0.15) is 39.5 Å². The number of halogens is 16. The maximum Gasteiger partial charge on any atom is 1.00 e. The van der Waals surface area contributed by atoms with Gasteiger partial charge in [0.2, 0.25) is 5.78 Å². The van der Waals surface area contributed by atoms with E-state index in [4.69, 9.17) is 79.3 Å². The molecule has 0 aliphatic rings. The molecule has 2 amide bonds. The Balaban J connectivity index is 0.000000220. The third-order valence-corrected chi connectivity index (χ3v) is 19.5. The fraction of sp³-hybridized carbons (Fsp3) is 0.121. The van der Waals surface area contributed by atoms with Crippen molar-refractivity contribution in [2.24, 2.45) is 0 Å². The summed E-state index contributed by atoms with van der Waals surface area (Å²) in [6, 6.07) is 21.1. The second-order valence-electron chi connectivity index (χ2n) is 19.4. The van der Waals surface area contributed by atoms with E-state index in [1.165, 1.54) is 70.8 Å². The average molecular weight is 1700 g/mol. The Kier molecular flexibility index (Phi) is 27.5. The van der Waals surface area contributed by atoms with Crippen molar-refractivity contribution < 1.29 is 118 Å². The number of aromatic amines is 2. The minimum absolute atomic E-state index is 0. The van der Waals surface area contributed by atoms with Crippen molar-refractivity contribution in [3.8, 4) is 0 Å². The van der Waals surface area contributed by atoms with Crippen LogP contribution in [-0.2, 0) is 58.3 Å². The first-order valence-electron chi connectivity index (χ1n) is 26.5. The van der Waals surface area contributed by atoms with E-state index in [0.717, 1.165) is 79.7 Å². The molecule has 100 heavy (non-hydrogen) atoms. The SMILES string of the molecule is CON(C)C(=O)c1ccc(Cl)cc1NS(=O)(=O)c1ccc(Cl)c(C(F)(F)F)c1.CON(C)C(=O)c1ccc(Cl)cc1[N-]S(=O)(=O)c1ccc(Cl)c(C(F)(F)F)c1.Ic1ncnc2[nH]ccc12.O=C(c1ccc(Cl)cc1NS(=O)(=O)c1ccc(Cl)c(C(F)(F)F)c1)c1ncnc2[nH]ccc12.[Na+]. The second-order valence-corrected chi connectivity index (χ2v) is 27.9. The van der Waals surface area contributed by atoms with Crippen LogP contribution in [0.1, 0.15) is 53.5 Å². The van der Waals surface area contributed by atoms with E-state index in [1.807, 2.05) is 12.3 Å². The molecule has 0 fully saturated rings. The predicted octanol–water partition coefficient (Wildman–Crippen LogP) is 13.4. The van der Waals surface area contributed by atoms with Gasteiger partial charge < -0.3 is 14.7 Å². The summed E-state index contributed by atoms with van der Waals surface area (Å²) in [7, 11) is -8.66. The number of H-pyrrole nitrogens is 2. The van der Waals surface area contributed by atoms with Gasteiger partial charge in [0.15, 0.2) is 0 Å². The Hall–Kier alpha value is -6.82. The van der Waals surface area contributed by atoms with E-state index in [0.29, 0.717) is 29.2 Å². The number of nitrogens with one attached hydrogen (secondary N) is 4. The molecule has 22 nitrogen and oxygen atoms in total. The van der Waals surface area contributed by atoms with Gasteiger partial charge in [0.25, 0.3) is 31.9 Å². The summed E-state index contributed by atoms with van der Waals surface area (Å²) in [5, 5.41) is 1.44. The van der Waals surface area contributed by atoms with Crippen LogP contribution < -0.4 is 39.0 Å². The van der Waals surface area contributed by atoms with Crippen LogP contribution in [0.4, 0.5) is 56.6 Å². The molecule has 0 spiro atoms. The number of alkyl halides is 9. The number of hydrogen-bond donors (Lipinski definition) is 4. The Labute approximate surface area is 626 Å². The van der Waals surface area contributed by atoms with E-state index >= 15 is 0 Å². The van der Waals surface area contributed by atoms with Crippen molar-refractivity contribution in [1.82, 2.24) is 40.0 Å². The number of carbonyl (C=O) groups is 3. The van der Waals surface area contributed by atoms with Crippen LogP contribution in [0.3, 0.4) is 0 Å². The van der Waals surface area contributed by atoms with Crippen molar-refractivity contribution in [1.29, 1.82) is 0 Å². The topological polar surface area (TPSA) is 300 Å². The van der Waals surface area contributed by atoms with Gasteiger partial charge in [0.05, 0.1) is 83.0 Å². The number of benzene rings is 6. The van der Waals surface area contributed by atoms with Crippen molar-refractivity contribution in [2.45, 2.75) is 33.2 Å². The van der Waals surface area contributed by atoms with Crippen molar-refractivity contribution in [3.63, 3.8) is 0 Å². The zero-order chi connectivity index (χ0) is 73.5. The zero-order valence-electron chi connectivity index (χ0n) is 50.7. The number of anilines is 2. The smallest absolute Gasteiger partial charge is 0.572 e. The summed E-state index contributed by atoms with van der Waals surface area (Å²) in [5.74, 6) is -2.09. The molecule has 4 N–H and O–H groups in total. The van der Waals surface area contributed by atoms with Crippen molar-refractivity contribution in [3.05, 3.63) is 224 Å². The molecule has 4 aromatic heterocycles. The molecule has 0 unspecified atom stereocenters. The Morgan fingerprint density at radius 1 is 0.500 bits per heavy atom. The number of hydroxylamine groups is 4. The first kappa shape index (κ1) is 82.1. The third-order valence-electron chi connectivity index (χ3n) is 13.0. The van der Waals surface area contributed by atoms with Crippen molar-refractivity contribution >= 4 is 179 Å². The number of fused-ring (bicyclic) bond motifs is 2. The van der Waals surface area contributed by atoms with E-state index in [9.17, 15) is 79.2 Å². The Morgan fingerprint density at radius 2 is 0.880 bits per heavy atom. The normalized spacial score (nSPS) is 11.8. The molecule has 0 radical (unpaired) electrons. The van der Waals surface area contributed by atoms with Crippen LogP contribution in [-0.4, -0.2) is 111 Å². The van der Waals surface area contributed by atoms with Gasteiger partial charge in [0, 0.05) is 58.1 Å². The maximum atomic E-state index is 13.2. The minimum Gasteiger partial charge on any atom is -0.572 e.